The number of hydrogen-bond donors (Lipinski definition) is 1. The highest BCUT2D eigenvalue weighted by atomic mass is 16.5. The Bertz CT molecular complexity index is 747. The van der Waals surface area contributed by atoms with Gasteiger partial charge in [-0.2, -0.15) is 4.98 Å². The Labute approximate surface area is 160 Å². The van der Waals surface area contributed by atoms with Crippen molar-refractivity contribution >= 4 is 17.7 Å². The number of rotatable bonds is 7. The first-order valence-corrected chi connectivity index (χ1v) is 9.42. The number of nitrogens with one attached hydrogen (secondary N) is 1. The van der Waals surface area contributed by atoms with Gasteiger partial charge in [-0.05, 0) is 18.9 Å². The van der Waals surface area contributed by atoms with Crippen molar-refractivity contribution in [1.82, 2.24) is 15.3 Å². The number of benzene rings is 1. The quantitative estimate of drug-likeness (QED) is 0.802. The molecule has 1 saturated heterocycles. The summed E-state index contributed by atoms with van der Waals surface area (Å²) in [5.74, 6) is 1.17. The Morgan fingerprint density at radius 2 is 1.96 bits per heavy atom. The molecule has 7 nitrogen and oxygen atoms in total. The second-order valence-electron chi connectivity index (χ2n) is 6.53. The number of likely N-dealkylation sites (N-methyl/N-ethyl adjacent to an activating group) is 1. The second-order valence-corrected chi connectivity index (χ2v) is 6.53. The first-order chi connectivity index (χ1) is 13.2. The summed E-state index contributed by atoms with van der Waals surface area (Å²) in [6.07, 6.45) is 0.888. The molecule has 1 aliphatic rings. The number of carbonyl (C=O) groups is 1. The van der Waals surface area contributed by atoms with Crippen molar-refractivity contribution in [3.63, 3.8) is 0 Å². The molecule has 1 N–H and O–H groups in total. The van der Waals surface area contributed by atoms with Gasteiger partial charge in [0.15, 0.2) is 0 Å². The van der Waals surface area contributed by atoms with E-state index in [4.69, 9.17) is 9.72 Å². The van der Waals surface area contributed by atoms with Crippen LogP contribution in [0.25, 0.3) is 0 Å². The minimum absolute atomic E-state index is 0.174. The maximum Gasteiger partial charge on any atom is 0.270 e. The van der Waals surface area contributed by atoms with Crippen molar-refractivity contribution < 1.29 is 9.53 Å². The maximum absolute atomic E-state index is 12.4. The van der Waals surface area contributed by atoms with Gasteiger partial charge in [0.1, 0.15) is 11.5 Å². The molecule has 1 aliphatic heterocycles. The van der Waals surface area contributed by atoms with Gasteiger partial charge in [0, 0.05) is 39.3 Å². The van der Waals surface area contributed by atoms with Gasteiger partial charge in [0.25, 0.3) is 5.91 Å². The number of aromatic nitrogens is 2. The monoisotopic (exact) mass is 369 g/mol. The highest BCUT2D eigenvalue weighted by molar-refractivity contribution is 5.93. The molecule has 1 amide bonds. The highest BCUT2D eigenvalue weighted by Gasteiger charge is 2.19. The van der Waals surface area contributed by atoms with Crippen LogP contribution < -0.4 is 15.1 Å². The third-order valence-corrected chi connectivity index (χ3v) is 4.53. The maximum atomic E-state index is 12.4. The lowest BCUT2D eigenvalue weighted by atomic mass is 10.1. The summed E-state index contributed by atoms with van der Waals surface area (Å²) in [7, 11) is 1.96. The Morgan fingerprint density at radius 3 is 2.67 bits per heavy atom. The third-order valence-electron chi connectivity index (χ3n) is 4.53. The molecule has 0 radical (unpaired) electrons. The molecule has 2 aromatic rings. The number of amides is 1. The fraction of sp³-hybridized carbons (Fsp3) is 0.450. The van der Waals surface area contributed by atoms with E-state index in [2.05, 4.69) is 27.3 Å². The van der Waals surface area contributed by atoms with Crippen LogP contribution in [0.1, 0.15) is 23.0 Å². The van der Waals surface area contributed by atoms with Crippen molar-refractivity contribution in [3.05, 3.63) is 47.7 Å². The molecule has 0 aliphatic carbocycles. The molecule has 1 fully saturated rings. The number of nitrogens with zero attached hydrogens (tertiary/aromatic N) is 4. The topological polar surface area (TPSA) is 70.6 Å². The second kappa shape index (κ2) is 9.32. The first kappa shape index (κ1) is 19.1. The molecule has 1 aromatic heterocycles. The van der Waals surface area contributed by atoms with Gasteiger partial charge in [-0.3, -0.25) is 4.79 Å². The van der Waals surface area contributed by atoms with E-state index in [1.54, 1.807) is 6.07 Å². The lowest BCUT2D eigenvalue weighted by Gasteiger charge is -2.29. The summed E-state index contributed by atoms with van der Waals surface area (Å²) in [5.41, 5.74) is 1.66. The summed E-state index contributed by atoms with van der Waals surface area (Å²) in [6, 6.07) is 12.1. The van der Waals surface area contributed by atoms with Crippen LogP contribution in [0.15, 0.2) is 36.4 Å². The number of anilines is 2. The summed E-state index contributed by atoms with van der Waals surface area (Å²) in [6.45, 7) is 6.09. The molecule has 0 atom stereocenters. The Hall–Kier alpha value is -2.67. The fourth-order valence-corrected chi connectivity index (χ4v) is 2.96. The normalized spacial score (nSPS) is 14.1. The molecule has 2 heterocycles. The van der Waals surface area contributed by atoms with E-state index >= 15 is 0 Å². The summed E-state index contributed by atoms with van der Waals surface area (Å²) >= 11 is 0. The lowest BCUT2D eigenvalue weighted by Crippen LogP contribution is -2.37. The number of hydrogen-bond acceptors (Lipinski definition) is 6. The molecule has 144 valence electrons. The van der Waals surface area contributed by atoms with Gasteiger partial charge in [-0.25, -0.2) is 4.98 Å². The van der Waals surface area contributed by atoms with Gasteiger partial charge >= 0.3 is 0 Å². The number of morpholine rings is 1. The largest absolute Gasteiger partial charge is 0.378 e. The smallest absolute Gasteiger partial charge is 0.270 e. The molecule has 27 heavy (non-hydrogen) atoms. The fourth-order valence-electron chi connectivity index (χ4n) is 2.96. The van der Waals surface area contributed by atoms with Crippen LogP contribution in [-0.4, -0.2) is 62.3 Å². The van der Waals surface area contributed by atoms with E-state index in [1.807, 2.05) is 37.1 Å². The van der Waals surface area contributed by atoms with Crippen molar-refractivity contribution in [3.8, 4) is 0 Å². The SMILES string of the molecule is CCNC(=O)c1cc(N2CCOCC2)nc(N(C)CCc2ccccc2)n1. The minimum atomic E-state index is -0.174. The van der Waals surface area contributed by atoms with Crippen molar-refractivity contribution in [2.45, 2.75) is 13.3 Å². The van der Waals surface area contributed by atoms with Crippen molar-refractivity contribution in [2.75, 3.05) is 56.2 Å². The summed E-state index contributed by atoms with van der Waals surface area (Å²) < 4.78 is 5.43. The Morgan fingerprint density at radius 1 is 1.22 bits per heavy atom. The van der Waals surface area contributed by atoms with Crippen LogP contribution >= 0.6 is 0 Å². The van der Waals surface area contributed by atoms with Crippen LogP contribution in [0, 0.1) is 0 Å². The average molecular weight is 369 g/mol. The lowest BCUT2D eigenvalue weighted by molar-refractivity contribution is 0.0950. The highest BCUT2D eigenvalue weighted by Crippen LogP contribution is 2.19. The van der Waals surface area contributed by atoms with Gasteiger partial charge in [-0.1, -0.05) is 30.3 Å². The van der Waals surface area contributed by atoms with Crippen LogP contribution in [-0.2, 0) is 11.2 Å². The van der Waals surface area contributed by atoms with E-state index < -0.39 is 0 Å². The zero-order valence-corrected chi connectivity index (χ0v) is 16.0. The number of carbonyl (C=O) groups excluding carboxylic acids is 1. The molecular weight excluding hydrogens is 342 g/mol. The van der Waals surface area contributed by atoms with Gasteiger partial charge in [-0.15, -0.1) is 0 Å². The molecule has 0 spiro atoms. The average Bonchev–Trinajstić information content (AvgIpc) is 2.73. The van der Waals surface area contributed by atoms with Crippen LogP contribution in [0.3, 0.4) is 0 Å². The van der Waals surface area contributed by atoms with Crippen molar-refractivity contribution in [2.24, 2.45) is 0 Å². The zero-order valence-electron chi connectivity index (χ0n) is 16.0. The zero-order chi connectivity index (χ0) is 19.1. The standard InChI is InChI=1S/C20H27N5O2/c1-3-21-19(26)17-15-18(25-11-13-27-14-12-25)23-20(22-17)24(2)10-9-16-7-5-4-6-8-16/h4-8,15H,3,9-14H2,1-2H3,(H,21,26). The predicted octanol–water partition coefficient (Wildman–Crippen LogP) is 1.74. The number of ether oxygens (including phenoxy) is 1. The van der Waals surface area contributed by atoms with E-state index in [9.17, 15) is 4.79 Å². The molecule has 3 rings (SSSR count). The minimum Gasteiger partial charge on any atom is -0.378 e. The van der Waals surface area contributed by atoms with Crippen LogP contribution in [0.5, 0.6) is 0 Å². The van der Waals surface area contributed by atoms with Crippen LogP contribution in [0.4, 0.5) is 11.8 Å². The van der Waals surface area contributed by atoms with E-state index in [-0.39, 0.29) is 5.91 Å². The molecular formula is C20H27N5O2. The molecule has 0 unspecified atom stereocenters. The molecule has 7 heteroatoms. The van der Waals surface area contributed by atoms with Gasteiger partial charge in [0.2, 0.25) is 5.95 Å². The van der Waals surface area contributed by atoms with E-state index in [0.29, 0.717) is 31.4 Å². The Kier molecular flexibility index (Phi) is 6.59. The molecule has 1 aromatic carbocycles. The van der Waals surface area contributed by atoms with Gasteiger partial charge in [0.05, 0.1) is 13.2 Å². The first-order valence-electron chi connectivity index (χ1n) is 9.42. The van der Waals surface area contributed by atoms with E-state index in [1.165, 1.54) is 5.56 Å². The predicted molar refractivity (Wildman–Crippen MR) is 106 cm³/mol. The van der Waals surface area contributed by atoms with E-state index in [0.717, 1.165) is 31.9 Å². The van der Waals surface area contributed by atoms with Gasteiger partial charge < -0.3 is 19.9 Å². The third kappa shape index (κ3) is 5.17. The summed E-state index contributed by atoms with van der Waals surface area (Å²) in [5, 5.41) is 2.83. The molecule has 0 bridgehead atoms. The van der Waals surface area contributed by atoms with Crippen LogP contribution in [0.2, 0.25) is 0 Å². The molecule has 0 saturated carbocycles. The Balaban J connectivity index is 1.80. The van der Waals surface area contributed by atoms with Crippen molar-refractivity contribution in [1.29, 1.82) is 0 Å². The summed E-state index contributed by atoms with van der Waals surface area (Å²) in [4.78, 5) is 25.7.